The molecule has 2 heterocycles. The number of allylic oxidation sites excluding steroid dienone is 2. The first-order valence-corrected chi connectivity index (χ1v) is 10.2. The molecular formula is C23H23N5O2. The number of rotatable bonds is 6. The van der Waals surface area contributed by atoms with E-state index < -0.39 is 0 Å². The van der Waals surface area contributed by atoms with Crippen LogP contribution in [0.4, 0.5) is 0 Å². The molecule has 2 saturated heterocycles. The Bertz CT molecular complexity index is 1050. The first-order chi connectivity index (χ1) is 14.7. The molecular weight excluding hydrogens is 378 g/mol. The Morgan fingerprint density at radius 1 is 0.900 bits per heavy atom. The molecule has 152 valence electrons. The number of carbonyl (C=O) groups is 2. The summed E-state index contributed by atoms with van der Waals surface area (Å²) in [4.78, 5) is 30.4. The number of nitrogens with zero attached hydrogens (tertiary/aromatic N) is 3. The van der Waals surface area contributed by atoms with Crippen LogP contribution in [-0.4, -0.2) is 53.2 Å². The molecule has 2 aliphatic heterocycles. The maximum Gasteiger partial charge on any atom is 0.216 e. The van der Waals surface area contributed by atoms with E-state index in [2.05, 4.69) is 44.5 Å². The molecule has 0 spiro atoms. The van der Waals surface area contributed by atoms with Crippen molar-refractivity contribution in [3.8, 4) is 0 Å². The SMILES string of the molecule is N=NC1=C(NCN2CC3CC2CN3Cc2ccccc2)C(=O)c2ccccc2C1=O. The predicted molar refractivity (Wildman–Crippen MR) is 111 cm³/mol. The van der Waals surface area contributed by atoms with E-state index in [0.29, 0.717) is 29.9 Å². The van der Waals surface area contributed by atoms with Crippen LogP contribution in [0.1, 0.15) is 32.7 Å². The zero-order valence-electron chi connectivity index (χ0n) is 16.5. The fourth-order valence-corrected chi connectivity index (χ4v) is 4.85. The fraction of sp³-hybridized carbons (Fsp3) is 0.304. The summed E-state index contributed by atoms with van der Waals surface area (Å²) in [5.41, 5.74) is 9.47. The first-order valence-electron chi connectivity index (χ1n) is 10.2. The highest BCUT2D eigenvalue weighted by Gasteiger charge is 2.43. The van der Waals surface area contributed by atoms with Crippen molar-refractivity contribution < 1.29 is 9.59 Å². The number of fused-ring (bicyclic) bond motifs is 3. The second-order valence-corrected chi connectivity index (χ2v) is 8.10. The van der Waals surface area contributed by atoms with Crippen LogP contribution in [0.2, 0.25) is 0 Å². The minimum Gasteiger partial charge on any atom is -0.367 e. The van der Waals surface area contributed by atoms with Crippen molar-refractivity contribution in [3.05, 3.63) is 82.7 Å². The maximum absolute atomic E-state index is 12.9. The first kappa shape index (κ1) is 18.8. The molecule has 7 heteroatoms. The van der Waals surface area contributed by atoms with Crippen molar-refractivity contribution in [1.29, 1.82) is 5.53 Å². The molecule has 3 aliphatic rings. The Hall–Kier alpha value is -3.16. The van der Waals surface area contributed by atoms with E-state index in [1.54, 1.807) is 24.3 Å². The monoisotopic (exact) mass is 401 g/mol. The van der Waals surface area contributed by atoms with Gasteiger partial charge >= 0.3 is 0 Å². The molecule has 30 heavy (non-hydrogen) atoms. The smallest absolute Gasteiger partial charge is 0.216 e. The third-order valence-electron chi connectivity index (χ3n) is 6.36. The fourth-order valence-electron chi connectivity index (χ4n) is 4.85. The number of benzene rings is 2. The average Bonchev–Trinajstić information content (AvgIpc) is 3.36. The zero-order chi connectivity index (χ0) is 20.7. The van der Waals surface area contributed by atoms with Gasteiger partial charge in [-0.2, -0.15) is 5.11 Å². The minimum absolute atomic E-state index is 0.103. The van der Waals surface area contributed by atoms with Gasteiger partial charge < -0.3 is 5.32 Å². The van der Waals surface area contributed by atoms with Gasteiger partial charge in [-0.1, -0.05) is 54.6 Å². The topological polar surface area (TPSA) is 88.9 Å². The summed E-state index contributed by atoms with van der Waals surface area (Å²) in [5.74, 6) is -0.647. The van der Waals surface area contributed by atoms with E-state index in [1.807, 2.05) is 6.07 Å². The number of hydrogen-bond acceptors (Lipinski definition) is 7. The van der Waals surface area contributed by atoms with E-state index in [1.165, 1.54) is 5.56 Å². The summed E-state index contributed by atoms with van der Waals surface area (Å²) < 4.78 is 0. The normalized spacial score (nSPS) is 23.7. The third kappa shape index (κ3) is 3.16. The van der Waals surface area contributed by atoms with Gasteiger partial charge in [-0.15, -0.1) is 0 Å². The molecule has 2 unspecified atom stereocenters. The average molecular weight is 401 g/mol. The molecule has 1 aliphatic carbocycles. The number of Topliss-reactive ketones (excluding diaryl/α,β-unsaturated/α-hetero) is 2. The van der Waals surface area contributed by atoms with Crippen LogP contribution in [-0.2, 0) is 6.54 Å². The Balaban J connectivity index is 1.26. The van der Waals surface area contributed by atoms with Gasteiger partial charge in [0.25, 0.3) is 0 Å². The highest BCUT2D eigenvalue weighted by Crippen LogP contribution is 2.32. The van der Waals surface area contributed by atoms with Gasteiger partial charge in [0.05, 0.1) is 6.67 Å². The van der Waals surface area contributed by atoms with Gasteiger partial charge in [-0.25, -0.2) is 5.53 Å². The van der Waals surface area contributed by atoms with E-state index in [4.69, 9.17) is 5.53 Å². The van der Waals surface area contributed by atoms with Crippen LogP contribution in [0.25, 0.3) is 0 Å². The molecule has 2 atom stereocenters. The summed E-state index contributed by atoms with van der Waals surface area (Å²) in [6.07, 6.45) is 1.11. The summed E-state index contributed by atoms with van der Waals surface area (Å²) in [6, 6.07) is 18.1. The van der Waals surface area contributed by atoms with Gasteiger partial charge in [0.15, 0.2) is 5.70 Å². The summed E-state index contributed by atoms with van der Waals surface area (Å²) >= 11 is 0. The molecule has 2 fully saturated rings. The van der Waals surface area contributed by atoms with Gasteiger partial charge in [-0.05, 0) is 12.0 Å². The number of hydrogen-bond donors (Lipinski definition) is 2. The molecule has 5 rings (SSSR count). The van der Waals surface area contributed by atoms with Crippen LogP contribution >= 0.6 is 0 Å². The standard InChI is InChI=1S/C23H23N5O2/c24-26-21-20(22(29)18-8-4-5-9-19(18)23(21)30)25-14-28-13-16-10-17(28)12-27(16)11-15-6-2-1-3-7-15/h1-9,16-17,24-25H,10-14H2. The summed E-state index contributed by atoms with van der Waals surface area (Å²) in [5, 5.41) is 6.52. The van der Waals surface area contributed by atoms with Gasteiger partial charge in [0.1, 0.15) is 5.70 Å². The Kier molecular flexibility index (Phi) is 4.77. The Labute approximate surface area is 174 Å². The lowest BCUT2D eigenvalue weighted by atomic mass is 9.90. The number of ketones is 2. The van der Waals surface area contributed by atoms with Gasteiger partial charge in [0.2, 0.25) is 11.6 Å². The Morgan fingerprint density at radius 3 is 2.20 bits per heavy atom. The molecule has 7 nitrogen and oxygen atoms in total. The van der Waals surface area contributed by atoms with Crippen molar-refractivity contribution in [2.75, 3.05) is 19.8 Å². The number of piperazine rings is 1. The lowest BCUT2D eigenvalue weighted by molar-refractivity contribution is 0.0949. The van der Waals surface area contributed by atoms with E-state index in [0.717, 1.165) is 26.1 Å². The number of carbonyl (C=O) groups excluding carboxylic acids is 2. The lowest BCUT2D eigenvalue weighted by Gasteiger charge is -2.34. The molecule has 0 saturated carbocycles. The second-order valence-electron chi connectivity index (χ2n) is 8.10. The quantitative estimate of drug-likeness (QED) is 0.727. The van der Waals surface area contributed by atoms with Crippen LogP contribution < -0.4 is 5.32 Å². The van der Waals surface area contributed by atoms with Gasteiger partial charge in [-0.3, -0.25) is 19.4 Å². The summed E-state index contributed by atoms with van der Waals surface area (Å²) in [6.45, 7) is 3.34. The molecule has 0 amide bonds. The summed E-state index contributed by atoms with van der Waals surface area (Å²) in [7, 11) is 0. The minimum atomic E-state index is -0.375. The largest absolute Gasteiger partial charge is 0.367 e. The molecule has 2 aromatic carbocycles. The highest BCUT2D eigenvalue weighted by molar-refractivity contribution is 6.26. The molecule has 0 aromatic heterocycles. The number of likely N-dealkylation sites (tertiary alicyclic amines) is 2. The van der Waals surface area contributed by atoms with E-state index >= 15 is 0 Å². The van der Waals surface area contributed by atoms with E-state index in [-0.39, 0.29) is 23.0 Å². The molecule has 2 N–H and O–H groups in total. The lowest BCUT2D eigenvalue weighted by Crippen LogP contribution is -2.49. The van der Waals surface area contributed by atoms with Crippen LogP contribution in [0.5, 0.6) is 0 Å². The van der Waals surface area contributed by atoms with Gasteiger partial charge in [0, 0.05) is 42.8 Å². The van der Waals surface area contributed by atoms with Crippen LogP contribution in [0.15, 0.2) is 71.1 Å². The molecule has 2 aromatic rings. The third-order valence-corrected chi connectivity index (χ3v) is 6.36. The molecule has 0 radical (unpaired) electrons. The number of nitrogens with one attached hydrogen (secondary N) is 2. The second kappa shape index (κ2) is 7.59. The predicted octanol–water partition coefficient (Wildman–Crippen LogP) is 2.81. The molecule has 2 bridgehead atoms. The van der Waals surface area contributed by atoms with Crippen molar-refractivity contribution in [1.82, 2.24) is 15.1 Å². The van der Waals surface area contributed by atoms with E-state index in [9.17, 15) is 9.59 Å². The van der Waals surface area contributed by atoms with Crippen molar-refractivity contribution in [3.63, 3.8) is 0 Å². The zero-order valence-corrected chi connectivity index (χ0v) is 16.5. The maximum atomic E-state index is 12.9. The van der Waals surface area contributed by atoms with Crippen LogP contribution in [0.3, 0.4) is 0 Å². The van der Waals surface area contributed by atoms with Crippen molar-refractivity contribution in [2.45, 2.75) is 25.0 Å². The Morgan fingerprint density at radius 2 is 1.53 bits per heavy atom. The van der Waals surface area contributed by atoms with Crippen molar-refractivity contribution >= 4 is 11.6 Å². The van der Waals surface area contributed by atoms with Crippen LogP contribution in [0, 0.1) is 5.53 Å². The van der Waals surface area contributed by atoms with Crippen molar-refractivity contribution in [2.24, 2.45) is 5.11 Å². The highest BCUT2D eigenvalue weighted by atomic mass is 16.1.